The summed E-state index contributed by atoms with van der Waals surface area (Å²) in [5.74, 6) is 1.23. The van der Waals surface area contributed by atoms with Crippen molar-refractivity contribution in [3.05, 3.63) is 41.3 Å². The van der Waals surface area contributed by atoms with E-state index < -0.39 is 0 Å². The third-order valence-electron chi connectivity index (χ3n) is 4.33. The standard InChI is InChI=1S/C17H20N6O2S/c24-16(11-23-7-5-13(21-23)12-3-1-6-18-9-12)19-10-15-20-17(25-22-15)14-4-2-8-26-14/h2,4-5,7-8,12,18H,1,3,6,9-11H2,(H,19,24). The van der Waals surface area contributed by atoms with Crippen LogP contribution in [-0.2, 0) is 17.9 Å². The Morgan fingerprint density at radius 3 is 3.23 bits per heavy atom. The molecule has 4 heterocycles. The zero-order valence-electron chi connectivity index (χ0n) is 14.2. The highest BCUT2D eigenvalue weighted by atomic mass is 32.1. The van der Waals surface area contributed by atoms with Crippen LogP contribution in [0, 0.1) is 0 Å². The van der Waals surface area contributed by atoms with Crippen molar-refractivity contribution < 1.29 is 9.32 Å². The molecule has 1 atom stereocenters. The van der Waals surface area contributed by atoms with E-state index in [0.717, 1.165) is 36.5 Å². The lowest BCUT2D eigenvalue weighted by Crippen LogP contribution is -2.29. The molecule has 1 saturated heterocycles. The van der Waals surface area contributed by atoms with Gasteiger partial charge >= 0.3 is 0 Å². The second-order valence-corrected chi connectivity index (χ2v) is 7.20. The van der Waals surface area contributed by atoms with Crippen LogP contribution in [0.5, 0.6) is 0 Å². The van der Waals surface area contributed by atoms with E-state index in [1.807, 2.05) is 29.8 Å². The fourth-order valence-corrected chi connectivity index (χ4v) is 3.64. The Hall–Kier alpha value is -2.52. The summed E-state index contributed by atoms with van der Waals surface area (Å²) in [5, 5.41) is 16.6. The van der Waals surface area contributed by atoms with E-state index in [1.165, 1.54) is 11.3 Å². The van der Waals surface area contributed by atoms with Gasteiger partial charge in [0.05, 0.1) is 17.1 Å². The first-order valence-electron chi connectivity index (χ1n) is 8.65. The molecule has 9 heteroatoms. The normalized spacial score (nSPS) is 17.3. The van der Waals surface area contributed by atoms with Crippen molar-refractivity contribution in [1.82, 2.24) is 30.6 Å². The number of carbonyl (C=O) groups excluding carboxylic acids is 1. The topological polar surface area (TPSA) is 97.9 Å². The van der Waals surface area contributed by atoms with E-state index in [4.69, 9.17) is 4.52 Å². The lowest BCUT2D eigenvalue weighted by molar-refractivity contribution is -0.122. The van der Waals surface area contributed by atoms with Gasteiger partial charge in [0.25, 0.3) is 5.89 Å². The maximum atomic E-state index is 12.1. The van der Waals surface area contributed by atoms with Gasteiger partial charge in [-0.2, -0.15) is 10.1 Å². The summed E-state index contributed by atoms with van der Waals surface area (Å²) in [6.07, 6.45) is 4.16. The number of rotatable bonds is 6. The van der Waals surface area contributed by atoms with Crippen LogP contribution < -0.4 is 10.6 Å². The monoisotopic (exact) mass is 372 g/mol. The number of nitrogens with zero attached hydrogens (tertiary/aromatic N) is 4. The average molecular weight is 372 g/mol. The fourth-order valence-electron chi connectivity index (χ4n) is 2.99. The Labute approximate surface area is 154 Å². The number of hydrogen-bond acceptors (Lipinski definition) is 7. The molecule has 8 nitrogen and oxygen atoms in total. The maximum Gasteiger partial charge on any atom is 0.268 e. The molecular formula is C17H20N6O2S. The van der Waals surface area contributed by atoms with Crippen molar-refractivity contribution in [2.45, 2.75) is 31.8 Å². The Bertz CT molecular complexity index is 850. The van der Waals surface area contributed by atoms with Gasteiger partial charge in [0, 0.05) is 18.7 Å². The molecule has 3 aromatic heterocycles. The SMILES string of the molecule is O=C(Cn1ccc(C2CCCNC2)n1)NCc1noc(-c2cccs2)n1. The highest BCUT2D eigenvalue weighted by molar-refractivity contribution is 7.13. The van der Waals surface area contributed by atoms with Crippen molar-refractivity contribution in [2.24, 2.45) is 0 Å². The number of nitrogens with one attached hydrogen (secondary N) is 2. The van der Waals surface area contributed by atoms with E-state index in [2.05, 4.69) is 25.9 Å². The second-order valence-electron chi connectivity index (χ2n) is 6.25. The van der Waals surface area contributed by atoms with Gasteiger partial charge in [-0.15, -0.1) is 11.3 Å². The molecule has 0 radical (unpaired) electrons. The van der Waals surface area contributed by atoms with Gasteiger partial charge in [0.15, 0.2) is 5.82 Å². The van der Waals surface area contributed by atoms with Gasteiger partial charge in [-0.1, -0.05) is 11.2 Å². The lowest BCUT2D eigenvalue weighted by Gasteiger charge is -2.20. The highest BCUT2D eigenvalue weighted by Gasteiger charge is 2.18. The van der Waals surface area contributed by atoms with E-state index in [0.29, 0.717) is 17.6 Å². The molecule has 1 aliphatic heterocycles. The minimum atomic E-state index is -0.135. The molecule has 0 bridgehead atoms. The molecule has 0 aromatic carbocycles. The second kappa shape index (κ2) is 7.79. The molecule has 0 aliphatic carbocycles. The van der Waals surface area contributed by atoms with E-state index in [-0.39, 0.29) is 19.0 Å². The summed E-state index contributed by atoms with van der Waals surface area (Å²) >= 11 is 1.53. The van der Waals surface area contributed by atoms with Gasteiger partial charge in [-0.25, -0.2) is 0 Å². The van der Waals surface area contributed by atoms with Crippen molar-refractivity contribution >= 4 is 17.2 Å². The van der Waals surface area contributed by atoms with Gasteiger partial charge in [0.1, 0.15) is 6.54 Å². The highest BCUT2D eigenvalue weighted by Crippen LogP contribution is 2.22. The van der Waals surface area contributed by atoms with Gasteiger partial charge in [0.2, 0.25) is 5.91 Å². The Morgan fingerprint density at radius 1 is 1.46 bits per heavy atom. The van der Waals surface area contributed by atoms with Crippen LogP contribution in [0.3, 0.4) is 0 Å². The Balaban J connectivity index is 1.28. The zero-order chi connectivity index (χ0) is 17.8. The number of thiophene rings is 1. The molecule has 1 unspecified atom stereocenters. The number of hydrogen-bond donors (Lipinski definition) is 2. The number of piperidine rings is 1. The molecule has 2 N–H and O–H groups in total. The molecular weight excluding hydrogens is 352 g/mol. The first-order valence-corrected chi connectivity index (χ1v) is 9.53. The molecule has 1 fully saturated rings. The Morgan fingerprint density at radius 2 is 2.42 bits per heavy atom. The van der Waals surface area contributed by atoms with Gasteiger partial charge < -0.3 is 15.2 Å². The third-order valence-corrected chi connectivity index (χ3v) is 5.18. The summed E-state index contributed by atoms with van der Waals surface area (Å²) in [7, 11) is 0. The molecule has 1 aliphatic rings. The van der Waals surface area contributed by atoms with Crippen LogP contribution in [-0.4, -0.2) is 38.9 Å². The molecule has 136 valence electrons. The van der Waals surface area contributed by atoms with Crippen molar-refractivity contribution in [2.75, 3.05) is 13.1 Å². The molecule has 1 amide bonds. The van der Waals surface area contributed by atoms with Gasteiger partial charge in [-0.3, -0.25) is 9.48 Å². The zero-order valence-corrected chi connectivity index (χ0v) is 15.0. The number of amides is 1. The first kappa shape index (κ1) is 16.9. The van der Waals surface area contributed by atoms with Crippen LogP contribution in [0.4, 0.5) is 0 Å². The smallest absolute Gasteiger partial charge is 0.268 e. The average Bonchev–Trinajstić information content (AvgIpc) is 3.41. The Kier molecular flexibility index (Phi) is 5.07. The van der Waals surface area contributed by atoms with E-state index in [9.17, 15) is 4.79 Å². The van der Waals surface area contributed by atoms with Crippen molar-refractivity contribution in [3.8, 4) is 10.8 Å². The summed E-state index contributed by atoms with van der Waals surface area (Å²) in [6.45, 7) is 2.43. The van der Waals surface area contributed by atoms with E-state index >= 15 is 0 Å². The quantitative estimate of drug-likeness (QED) is 0.684. The molecule has 3 aromatic rings. The van der Waals surface area contributed by atoms with Gasteiger partial charge in [-0.05, 0) is 36.9 Å². The van der Waals surface area contributed by atoms with E-state index in [1.54, 1.807) is 4.68 Å². The third kappa shape index (κ3) is 4.00. The summed E-state index contributed by atoms with van der Waals surface area (Å²) < 4.78 is 6.88. The van der Waals surface area contributed by atoms with Crippen LogP contribution in [0.1, 0.15) is 30.3 Å². The van der Waals surface area contributed by atoms with Crippen LogP contribution in [0.2, 0.25) is 0 Å². The predicted octanol–water partition coefficient (Wildman–Crippen LogP) is 1.78. The fraction of sp³-hybridized carbons (Fsp3) is 0.412. The van der Waals surface area contributed by atoms with Crippen LogP contribution in [0.15, 0.2) is 34.3 Å². The summed E-state index contributed by atoms with van der Waals surface area (Å²) in [6, 6.07) is 5.84. The molecule has 0 spiro atoms. The number of aromatic nitrogens is 4. The van der Waals surface area contributed by atoms with Crippen molar-refractivity contribution in [3.63, 3.8) is 0 Å². The predicted molar refractivity (Wildman–Crippen MR) is 96.5 cm³/mol. The van der Waals surface area contributed by atoms with Crippen LogP contribution >= 0.6 is 11.3 Å². The van der Waals surface area contributed by atoms with Crippen LogP contribution in [0.25, 0.3) is 10.8 Å². The largest absolute Gasteiger partial charge is 0.347 e. The minimum absolute atomic E-state index is 0.135. The minimum Gasteiger partial charge on any atom is -0.347 e. The lowest BCUT2D eigenvalue weighted by atomic mass is 9.97. The summed E-state index contributed by atoms with van der Waals surface area (Å²) in [5.41, 5.74) is 1.05. The molecule has 26 heavy (non-hydrogen) atoms. The first-order chi connectivity index (χ1) is 12.8. The maximum absolute atomic E-state index is 12.1. The number of carbonyl (C=O) groups is 1. The molecule has 4 rings (SSSR count). The van der Waals surface area contributed by atoms with Crippen molar-refractivity contribution in [1.29, 1.82) is 0 Å². The summed E-state index contributed by atoms with van der Waals surface area (Å²) in [4.78, 5) is 17.3. The molecule has 0 saturated carbocycles.